The molecule has 2 saturated carbocycles. The normalized spacial score (nSPS) is 66.6. The van der Waals surface area contributed by atoms with E-state index in [0.29, 0.717) is 5.92 Å². The van der Waals surface area contributed by atoms with E-state index in [4.69, 9.17) is 0 Å². The van der Waals surface area contributed by atoms with E-state index in [1.54, 1.807) is 0 Å². The highest BCUT2D eigenvalue weighted by molar-refractivity contribution is 5.26. The maximum absolute atomic E-state index is 9.37. The van der Waals surface area contributed by atoms with Gasteiger partial charge < -0.3 is 5.11 Å². The average Bonchev–Trinajstić information content (AvgIpc) is 2.30. The lowest BCUT2D eigenvalue weighted by molar-refractivity contribution is 0.136. The number of rotatable bonds is 0. The molecule has 0 aromatic heterocycles. The van der Waals surface area contributed by atoms with Crippen LogP contribution in [0.3, 0.4) is 0 Å². The van der Waals surface area contributed by atoms with Gasteiger partial charge in [-0.15, -0.1) is 0 Å². The topological polar surface area (TPSA) is 20.2 Å². The Balaban J connectivity index is 2.04. The summed E-state index contributed by atoms with van der Waals surface area (Å²) in [6.07, 6.45) is 5.60. The van der Waals surface area contributed by atoms with Crippen molar-refractivity contribution in [2.75, 3.05) is 0 Å². The van der Waals surface area contributed by atoms with Crippen LogP contribution in [0.1, 0.15) is 6.42 Å². The van der Waals surface area contributed by atoms with E-state index in [1.807, 2.05) is 0 Å². The zero-order valence-electron chi connectivity index (χ0n) is 5.20. The molecule has 0 aromatic carbocycles. The molecule has 0 aliphatic heterocycles. The van der Waals surface area contributed by atoms with Crippen LogP contribution in [0.15, 0.2) is 12.2 Å². The minimum atomic E-state index is 0.00926. The second-order valence-corrected chi connectivity index (χ2v) is 3.58. The van der Waals surface area contributed by atoms with Crippen LogP contribution in [0.4, 0.5) is 0 Å². The number of aliphatic hydroxyl groups is 1. The van der Waals surface area contributed by atoms with Gasteiger partial charge in [0.2, 0.25) is 0 Å². The molecule has 0 spiro atoms. The summed E-state index contributed by atoms with van der Waals surface area (Å²) in [5.74, 6) is 3.20. The molecule has 3 aliphatic carbocycles. The van der Waals surface area contributed by atoms with Gasteiger partial charge in [0.25, 0.3) is 0 Å². The van der Waals surface area contributed by atoms with Gasteiger partial charge in [0.05, 0.1) is 6.10 Å². The fourth-order valence-electron chi connectivity index (χ4n) is 2.76. The molecule has 1 N–H and O–H groups in total. The van der Waals surface area contributed by atoms with Crippen LogP contribution in [0, 0.1) is 23.7 Å². The molecule has 9 heavy (non-hydrogen) atoms. The fourth-order valence-corrected chi connectivity index (χ4v) is 2.76. The van der Waals surface area contributed by atoms with Crippen LogP contribution in [-0.4, -0.2) is 11.2 Å². The Morgan fingerprint density at radius 2 is 2.00 bits per heavy atom. The van der Waals surface area contributed by atoms with E-state index in [0.717, 1.165) is 24.2 Å². The summed E-state index contributed by atoms with van der Waals surface area (Å²) in [6, 6.07) is 0. The molecular weight excluding hydrogens is 112 g/mol. The summed E-state index contributed by atoms with van der Waals surface area (Å²) in [5, 5.41) is 9.37. The van der Waals surface area contributed by atoms with Gasteiger partial charge >= 0.3 is 0 Å². The lowest BCUT2D eigenvalue weighted by atomic mass is 10.0. The van der Waals surface area contributed by atoms with Gasteiger partial charge in [0.15, 0.2) is 0 Å². The number of fused-ring (bicyclic) bond motifs is 1. The van der Waals surface area contributed by atoms with E-state index < -0.39 is 0 Å². The van der Waals surface area contributed by atoms with E-state index in [2.05, 4.69) is 12.2 Å². The first-order valence-corrected chi connectivity index (χ1v) is 3.74. The standard InChI is InChI=1S/C8H10O/c9-7-3-6-4-1-2-5(7)8(4)6/h1-2,4-9H,3H2. The van der Waals surface area contributed by atoms with Crippen LogP contribution in [0.5, 0.6) is 0 Å². The van der Waals surface area contributed by atoms with Crippen LogP contribution in [-0.2, 0) is 0 Å². The van der Waals surface area contributed by atoms with Crippen molar-refractivity contribution in [3.63, 3.8) is 0 Å². The Hall–Kier alpha value is -0.300. The zero-order valence-corrected chi connectivity index (χ0v) is 5.20. The monoisotopic (exact) mass is 122 g/mol. The molecule has 0 aromatic rings. The molecule has 3 rings (SSSR count). The van der Waals surface area contributed by atoms with Crippen molar-refractivity contribution < 1.29 is 5.11 Å². The minimum absolute atomic E-state index is 0.00926. The highest BCUT2D eigenvalue weighted by Crippen LogP contribution is 2.65. The number of hydrogen-bond acceptors (Lipinski definition) is 1. The van der Waals surface area contributed by atoms with Crippen molar-refractivity contribution in [2.24, 2.45) is 23.7 Å². The Kier molecular flexibility index (Phi) is 0.552. The lowest BCUT2D eigenvalue weighted by Crippen LogP contribution is -2.13. The predicted molar refractivity (Wildman–Crippen MR) is 33.7 cm³/mol. The highest BCUT2D eigenvalue weighted by atomic mass is 16.3. The zero-order chi connectivity index (χ0) is 6.01. The molecule has 0 radical (unpaired) electrons. The van der Waals surface area contributed by atoms with Crippen LogP contribution in [0.2, 0.25) is 0 Å². The SMILES string of the molecule is OC1CC2C3C=CC1C32. The van der Waals surface area contributed by atoms with E-state index in [9.17, 15) is 5.11 Å². The molecule has 48 valence electrons. The third-order valence-corrected chi connectivity index (χ3v) is 3.25. The predicted octanol–water partition coefficient (Wildman–Crippen LogP) is 0.799. The van der Waals surface area contributed by atoms with Gasteiger partial charge in [-0.3, -0.25) is 0 Å². The largest absolute Gasteiger partial charge is 0.392 e. The van der Waals surface area contributed by atoms with Gasteiger partial charge in [-0.1, -0.05) is 12.2 Å². The Morgan fingerprint density at radius 1 is 1.22 bits per heavy atom. The maximum atomic E-state index is 9.37. The lowest BCUT2D eigenvalue weighted by Gasteiger charge is -2.08. The molecule has 2 fully saturated rings. The third-order valence-electron chi connectivity index (χ3n) is 3.25. The van der Waals surface area contributed by atoms with Gasteiger partial charge in [-0.25, -0.2) is 0 Å². The number of hydrogen-bond donors (Lipinski definition) is 1. The van der Waals surface area contributed by atoms with Crippen LogP contribution < -0.4 is 0 Å². The van der Waals surface area contributed by atoms with Crippen molar-refractivity contribution in [3.05, 3.63) is 12.2 Å². The first-order valence-electron chi connectivity index (χ1n) is 3.74. The first kappa shape index (κ1) is 4.51. The molecule has 0 amide bonds. The molecule has 5 atom stereocenters. The second kappa shape index (κ2) is 1.10. The summed E-state index contributed by atoms with van der Waals surface area (Å²) >= 11 is 0. The van der Waals surface area contributed by atoms with Gasteiger partial charge in [0.1, 0.15) is 0 Å². The second-order valence-electron chi connectivity index (χ2n) is 3.58. The number of aliphatic hydroxyl groups excluding tert-OH is 1. The molecule has 5 unspecified atom stereocenters. The number of allylic oxidation sites excluding steroid dienone is 1. The van der Waals surface area contributed by atoms with Crippen molar-refractivity contribution in [1.82, 2.24) is 0 Å². The summed E-state index contributed by atoms with van der Waals surface area (Å²) in [5.41, 5.74) is 0. The fraction of sp³-hybridized carbons (Fsp3) is 0.750. The summed E-state index contributed by atoms with van der Waals surface area (Å²) < 4.78 is 0. The molecule has 0 heterocycles. The average molecular weight is 122 g/mol. The van der Waals surface area contributed by atoms with Crippen LogP contribution in [0.25, 0.3) is 0 Å². The van der Waals surface area contributed by atoms with E-state index >= 15 is 0 Å². The van der Waals surface area contributed by atoms with Crippen molar-refractivity contribution in [3.8, 4) is 0 Å². The summed E-state index contributed by atoms with van der Waals surface area (Å²) in [7, 11) is 0. The van der Waals surface area contributed by atoms with Gasteiger partial charge in [-0.05, 0) is 24.2 Å². The molecule has 0 saturated heterocycles. The van der Waals surface area contributed by atoms with Crippen molar-refractivity contribution in [1.29, 1.82) is 0 Å². The Morgan fingerprint density at radius 3 is 2.67 bits per heavy atom. The highest BCUT2D eigenvalue weighted by Gasteiger charge is 2.62. The Bertz CT molecular complexity index is 185. The van der Waals surface area contributed by atoms with Gasteiger partial charge in [0, 0.05) is 5.92 Å². The van der Waals surface area contributed by atoms with Crippen molar-refractivity contribution >= 4 is 0 Å². The molecular formula is C8H10O. The summed E-state index contributed by atoms with van der Waals surface area (Å²) in [6.45, 7) is 0. The summed E-state index contributed by atoms with van der Waals surface area (Å²) in [4.78, 5) is 0. The Labute approximate surface area is 54.4 Å². The van der Waals surface area contributed by atoms with E-state index in [-0.39, 0.29) is 6.10 Å². The van der Waals surface area contributed by atoms with Crippen LogP contribution >= 0.6 is 0 Å². The molecule has 1 nitrogen and oxygen atoms in total. The molecule has 0 bridgehead atoms. The molecule has 1 heteroatoms. The maximum Gasteiger partial charge on any atom is 0.0608 e. The first-order chi connectivity index (χ1) is 4.38. The smallest absolute Gasteiger partial charge is 0.0608 e. The third kappa shape index (κ3) is 0.351. The quantitative estimate of drug-likeness (QED) is 0.471. The molecule has 3 aliphatic rings. The van der Waals surface area contributed by atoms with Gasteiger partial charge in [-0.2, -0.15) is 0 Å². The van der Waals surface area contributed by atoms with Crippen molar-refractivity contribution in [2.45, 2.75) is 12.5 Å². The van der Waals surface area contributed by atoms with E-state index in [1.165, 1.54) is 0 Å². The minimum Gasteiger partial charge on any atom is -0.392 e.